The van der Waals surface area contributed by atoms with Gasteiger partial charge in [0.15, 0.2) is 6.21 Å². The maximum absolute atomic E-state index is 13.0. The van der Waals surface area contributed by atoms with Crippen molar-refractivity contribution in [1.29, 1.82) is 0 Å². The van der Waals surface area contributed by atoms with Crippen molar-refractivity contribution < 1.29 is 13.9 Å². The first-order valence-corrected chi connectivity index (χ1v) is 10.8. The Balaban J connectivity index is 1.26. The zero-order valence-corrected chi connectivity index (χ0v) is 18.4. The number of aromatic nitrogens is 6. The number of amides is 1. The highest BCUT2D eigenvalue weighted by atomic mass is 16.1. The van der Waals surface area contributed by atoms with E-state index in [-0.39, 0.29) is 11.9 Å². The average molecular weight is 446 g/mol. The van der Waals surface area contributed by atoms with Gasteiger partial charge in [-0.25, -0.2) is 24.1 Å². The molecule has 1 fully saturated rings. The fourth-order valence-electron chi connectivity index (χ4n) is 3.77. The molecule has 3 N–H and O–H groups in total. The molecule has 3 aromatic rings. The second-order valence-corrected chi connectivity index (χ2v) is 8.12. The molecule has 4 heterocycles. The number of amidine groups is 1. The smallest absolute Gasteiger partial charge is 0.327 e. The van der Waals surface area contributed by atoms with Crippen molar-refractivity contribution >= 4 is 23.8 Å². The molecule has 1 amide bonds. The van der Waals surface area contributed by atoms with Gasteiger partial charge in [-0.2, -0.15) is 0 Å². The summed E-state index contributed by atoms with van der Waals surface area (Å²) in [6.07, 6.45) is 8.75. The molecule has 0 aromatic carbocycles. The second-order valence-electron chi connectivity index (χ2n) is 8.12. The summed E-state index contributed by atoms with van der Waals surface area (Å²) >= 11 is 0. The van der Waals surface area contributed by atoms with E-state index in [9.17, 15) is 4.79 Å². The van der Waals surface area contributed by atoms with Crippen molar-refractivity contribution in [1.82, 2.24) is 30.5 Å². The van der Waals surface area contributed by atoms with Gasteiger partial charge in [0.2, 0.25) is 6.54 Å². The first-order valence-electron chi connectivity index (χ1n) is 10.8. The van der Waals surface area contributed by atoms with E-state index >= 15 is 0 Å². The molecule has 33 heavy (non-hydrogen) atoms. The fraction of sp³-hybridized carbons (Fsp3) is 0.318. The summed E-state index contributed by atoms with van der Waals surface area (Å²) in [5.41, 5.74) is 1.27. The SMILES string of the molecule is C[N+]1=C([C@H](NC(=O)c2ccnc(NCc3[nH]nc(-c4ccncn4)[n+]3C)c2)C2CC2)N=C[CH]1. The van der Waals surface area contributed by atoms with Gasteiger partial charge in [0, 0.05) is 23.1 Å². The monoisotopic (exact) mass is 445 g/mol. The molecule has 1 aliphatic heterocycles. The molecule has 3 aromatic heterocycles. The first kappa shape index (κ1) is 20.9. The van der Waals surface area contributed by atoms with Crippen molar-refractivity contribution in [2.75, 3.05) is 12.4 Å². The second kappa shape index (κ2) is 8.85. The number of H-pyrrole nitrogens is 1. The maximum atomic E-state index is 13.0. The van der Waals surface area contributed by atoms with Crippen LogP contribution >= 0.6 is 0 Å². The minimum Gasteiger partial charge on any atom is -0.360 e. The Morgan fingerprint density at radius 2 is 2.12 bits per heavy atom. The van der Waals surface area contributed by atoms with Crippen LogP contribution in [0.15, 0.2) is 41.9 Å². The zero-order valence-electron chi connectivity index (χ0n) is 18.4. The lowest BCUT2D eigenvalue weighted by molar-refractivity contribution is -0.668. The Bertz CT molecular complexity index is 1230. The Morgan fingerprint density at radius 1 is 1.24 bits per heavy atom. The van der Waals surface area contributed by atoms with Crippen molar-refractivity contribution in [3.8, 4) is 11.5 Å². The van der Waals surface area contributed by atoms with Gasteiger partial charge in [0.05, 0.1) is 14.1 Å². The summed E-state index contributed by atoms with van der Waals surface area (Å²) in [6, 6.07) is 5.18. The summed E-state index contributed by atoms with van der Waals surface area (Å²) in [7, 11) is 3.86. The van der Waals surface area contributed by atoms with Crippen LogP contribution in [0, 0.1) is 12.5 Å². The van der Waals surface area contributed by atoms with Crippen LogP contribution in [0.3, 0.4) is 0 Å². The Labute approximate surface area is 190 Å². The molecule has 0 spiro atoms. The van der Waals surface area contributed by atoms with E-state index in [1.54, 1.807) is 36.8 Å². The number of carbonyl (C=O) groups is 1. The normalized spacial score (nSPS) is 16.2. The number of rotatable bonds is 8. The van der Waals surface area contributed by atoms with Crippen LogP contribution in [0.2, 0.25) is 0 Å². The Morgan fingerprint density at radius 3 is 2.85 bits per heavy atom. The molecule has 0 unspecified atom stereocenters. The van der Waals surface area contributed by atoms with Crippen LogP contribution in [0.5, 0.6) is 0 Å². The third-order valence-electron chi connectivity index (χ3n) is 5.80. The van der Waals surface area contributed by atoms with Crippen LogP contribution in [-0.4, -0.2) is 60.8 Å². The van der Waals surface area contributed by atoms with Crippen LogP contribution in [0.4, 0.5) is 5.82 Å². The van der Waals surface area contributed by atoms with E-state index < -0.39 is 0 Å². The number of hydrogen-bond acceptors (Lipinski definition) is 7. The highest BCUT2D eigenvalue weighted by Gasteiger charge is 2.41. The number of pyridine rings is 1. The molecule has 2 aliphatic rings. The van der Waals surface area contributed by atoms with Crippen LogP contribution in [0.25, 0.3) is 11.5 Å². The minimum atomic E-state index is -0.140. The lowest BCUT2D eigenvalue weighted by Gasteiger charge is -2.14. The third-order valence-corrected chi connectivity index (χ3v) is 5.80. The summed E-state index contributed by atoms with van der Waals surface area (Å²) in [5, 5.41) is 13.8. The fourth-order valence-corrected chi connectivity index (χ4v) is 3.77. The molecule has 11 nitrogen and oxygen atoms in total. The van der Waals surface area contributed by atoms with Crippen LogP contribution in [-0.2, 0) is 13.6 Å². The lowest BCUT2D eigenvalue weighted by Crippen LogP contribution is -2.43. The number of carbonyl (C=O) groups excluding carboxylic acids is 1. The van der Waals surface area contributed by atoms with Gasteiger partial charge in [0.1, 0.15) is 30.4 Å². The van der Waals surface area contributed by atoms with Gasteiger partial charge in [-0.3, -0.25) is 4.79 Å². The van der Waals surface area contributed by atoms with Crippen molar-refractivity contribution in [2.24, 2.45) is 18.0 Å². The van der Waals surface area contributed by atoms with E-state index in [2.05, 4.69) is 40.8 Å². The number of anilines is 1. The largest absolute Gasteiger partial charge is 0.360 e. The Hall–Kier alpha value is -4.02. The molecular formula is C22H25N10O+2. The summed E-state index contributed by atoms with van der Waals surface area (Å²) in [6.45, 7) is 2.35. The predicted molar refractivity (Wildman–Crippen MR) is 120 cm³/mol. The molecule has 167 valence electrons. The van der Waals surface area contributed by atoms with Gasteiger partial charge < -0.3 is 10.6 Å². The van der Waals surface area contributed by atoms with Gasteiger partial charge in [0.25, 0.3) is 11.7 Å². The quantitative estimate of drug-likeness (QED) is 0.433. The number of hydrogen-bond donors (Lipinski definition) is 3. The van der Waals surface area contributed by atoms with Gasteiger partial charge in [-0.1, -0.05) is 4.99 Å². The van der Waals surface area contributed by atoms with E-state index in [0.29, 0.717) is 29.7 Å². The molecule has 1 aliphatic carbocycles. The van der Waals surface area contributed by atoms with Crippen molar-refractivity contribution in [3.63, 3.8) is 0 Å². The third kappa shape index (κ3) is 4.47. The van der Waals surface area contributed by atoms with Crippen LogP contribution in [0.1, 0.15) is 29.0 Å². The molecule has 11 heteroatoms. The summed E-state index contributed by atoms with van der Waals surface area (Å²) in [5.74, 6) is 3.31. The maximum Gasteiger partial charge on any atom is 0.327 e. The van der Waals surface area contributed by atoms with Crippen molar-refractivity contribution in [2.45, 2.75) is 25.4 Å². The summed E-state index contributed by atoms with van der Waals surface area (Å²) in [4.78, 5) is 30.0. The van der Waals surface area contributed by atoms with Crippen molar-refractivity contribution in [3.05, 3.63) is 54.9 Å². The van der Waals surface area contributed by atoms with E-state index in [0.717, 1.165) is 30.2 Å². The molecule has 1 saturated carbocycles. The van der Waals surface area contributed by atoms with Gasteiger partial charge >= 0.3 is 11.7 Å². The Kier molecular flexibility index (Phi) is 5.59. The van der Waals surface area contributed by atoms with E-state index in [1.807, 2.05) is 29.8 Å². The number of aliphatic imine (C=N–C) groups is 1. The molecule has 0 bridgehead atoms. The minimum absolute atomic E-state index is 0.0914. The van der Waals surface area contributed by atoms with Crippen LogP contribution < -0.4 is 15.2 Å². The number of nitrogens with zero attached hydrogens (tertiary/aromatic N) is 7. The highest BCUT2D eigenvalue weighted by molar-refractivity contribution is 6.01. The topological polar surface area (TPSA) is 128 Å². The standard InChI is InChI=1S/C22H24N10O/c1-31-10-9-25-21(31)19(14-3-4-14)28-22(33)15-5-8-24-17(11-15)26-12-18-29-30-20(32(18)2)16-6-7-23-13-27-16/h5-11,13-14,19H,3-4,12H2,1-2H3,(H2,24,26,28,33)/q+1/p+1/t19-/m1/s1. The zero-order chi connectivity index (χ0) is 22.8. The average Bonchev–Trinajstić information content (AvgIpc) is 3.50. The molecule has 1 atom stereocenters. The predicted octanol–water partition coefficient (Wildman–Crippen LogP) is 0.494. The molecular weight excluding hydrogens is 420 g/mol. The van der Waals surface area contributed by atoms with Gasteiger partial charge in [-0.05, 0) is 37.0 Å². The lowest BCUT2D eigenvalue weighted by atomic mass is 10.1. The summed E-state index contributed by atoms with van der Waals surface area (Å²) < 4.78 is 3.88. The number of aromatic amines is 1. The molecule has 0 saturated heterocycles. The highest BCUT2D eigenvalue weighted by Crippen LogP contribution is 2.34. The molecule has 5 rings (SSSR count). The van der Waals surface area contributed by atoms with E-state index in [1.165, 1.54) is 6.33 Å². The van der Waals surface area contributed by atoms with E-state index in [4.69, 9.17) is 0 Å². The first-order chi connectivity index (χ1) is 16.1. The van der Waals surface area contributed by atoms with Gasteiger partial charge in [-0.15, -0.1) is 5.10 Å². The number of nitrogens with one attached hydrogen (secondary N) is 3. The molecule has 1 radical (unpaired) electrons.